The number of urea groups is 1. The Labute approximate surface area is 125 Å². The van der Waals surface area contributed by atoms with Crippen molar-refractivity contribution >= 4 is 17.7 Å². The fraction of sp³-hybridized carbons (Fsp3) is 0.375. The van der Waals surface area contributed by atoms with Crippen LogP contribution in [-0.4, -0.2) is 30.2 Å². The number of carbonyl (C=O) groups is 2. The minimum atomic E-state index is -0.860. The number of carboxylic acid groups (broad SMARTS) is 1. The number of hydrogen-bond donors (Lipinski definition) is 2. The molecule has 1 aromatic carbocycles. The van der Waals surface area contributed by atoms with Gasteiger partial charge in [-0.2, -0.15) is 0 Å². The molecule has 0 spiro atoms. The molecule has 0 atom stereocenters. The van der Waals surface area contributed by atoms with Crippen molar-refractivity contribution in [2.75, 3.05) is 18.0 Å². The number of carboxylic acids is 1. The fourth-order valence-electron chi connectivity index (χ4n) is 1.80. The number of rotatable bonds is 7. The molecule has 0 aliphatic heterocycles. The highest BCUT2D eigenvalue weighted by Crippen LogP contribution is 2.14. The summed E-state index contributed by atoms with van der Waals surface area (Å²) in [5.74, 6) is 4.79. The molecule has 0 saturated heterocycles. The van der Waals surface area contributed by atoms with Crippen LogP contribution in [0.25, 0.3) is 0 Å². The van der Waals surface area contributed by atoms with Crippen LogP contribution in [0.4, 0.5) is 10.5 Å². The van der Waals surface area contributed by atoms with Crippen molar-refractivity contribution in [2.24, 2.45) is 0 Å². The highest BCUT2D eigenvalue weighted by atomic mass is 16.4. The first-order valence-corrected chi connectivity index (χ1v) is 6.87. The zero-order valence-electron chi connectivity index (χ0n) is 12.1. The third-order valence-corrected chi connectivity index (χ3v) is 2.79. The average Bonchev–Trinajstić information content (AvgIpc) is 2.48. The largest absolute Gasteiger partial charge is 0.481 e. The van der Waals surface area contributed by atoms with E-state index in [1.54, 1.807) is 11.8 Å². The Bertz CT molecular complexity index is 517. The van der Waals surface area contributed by atoms with E-state index in [1.165, 1.54) is 0 Å². The van der Waals surface area contributed by atoms with Crippen molar-refractivity contribution in [2.45, 2.75) is 26.2 Å². The Hall–Kier alpha value is -2.48. The molecule has 5 nitrogen and oxygen atoms in total. The molecule has 0 unspecified atom stereocenters. The third-order valence-electron chi connectivity index (χ3n) is 2.79. The molecule has 21 heavy (non-hydrogen) atoms. The quantitative estimate of drug-likeness (QED) is 0.598. The van der Waals surface area contributed by atoms with Gasteiger partial charge >= 0.3 is 12.0 Å². The number of aliphatic carboxylic acids is 1. The number of amides is 2. The first kappa shape index (κ1) is 16.6. The lowest BCUT2D eigenvalue weighted by Gasteiger charge is -2.22. The molecule has 1 aromatic rings. The Morgan fingerprint density at radius 2 is 2.00 bits per heavy atom. The minimum Gasteiger partial charge on any atom is -0.481 e. The lowest BCUT2D eigenvalue weighted by atomic mass is 10.2. The monoisotopic (exact) mass is 288 g/mol. The maximum Gasteiger partial charge on any atom is 0.321 e. The van der Waals surface area contributed by atoms with Crippen molar-refractivity contribution in [3.63, 3.8) is 0 Å². The van der Waals surface area contributed by atoms with Gasteiger partial charge in [-0.05, 0) is 25.5 Å². The van der Waals surface area contributed by atoms with E-state index >= 15 is 0 Å². The number of nitrogens with one attached hydrogen (secondary N) is 1. The predicted molar refractivity (Wildman–Crippen MR) is 82.1 cm³/mol. The summed E-state index contributed by atoms with van der Waals surface area (Å²) in [6, 6.07) is 8.97. The van der Waals surface area contributed by atoms with Crippen LogP contribution < -0.4 is 10.2 Å². The second-order valence-electron chi connectivity index (χ2n) is 4.39. The fourth-order valence-corrected chi connectivity index (χ4v) is 1.80. The SMILES string of the molecule is CC#CCCNC(=O)N(CCCC(=O)O)c1ccccc1. The van der Waals surface area contributed by atoms with Crippen LogP contribution in [0.15, 0.2) is 30.3 Å². The molecule has 0 aliphatic rings. The lowest BCUT2D eigenvalue weighted by molar-refractivity contribution is -0.137. The van der Waals surface area contributed by atoms with Gasteiger partial charge in [0.05, 0.1) is 0 Å². The Balaban J connectivity index is 2.64. The molecule has 0 bridgehead atoms. The number of carbonyl (C=O) groups excluding carboxylic acids is 1. The Morgan fingerprint density at radius 3 is 2.62 bits per heavy atom. The number of nitrogens with zero attached hydrogens (tertiary/aromatic N) is 1. The zero-order valence-corrected chi connectivity index (χ0v) is 12.1. The van der Waals surface area contributed by atoms with E-state index in [0.717, 1.165) is 5.69 Å². The summed E-state index contributed by atoms with van der Waals surface area (Å²) in [4.78, 5) is 24.4. The summed E-state index contributed by atoms with van der Waals surface area (Å²) in [5.41, 5.74) is 0.752. The highest BCUT2D eigenvalue weighted by Gasteiger charge is 2.15. The van der Waals surface area contributed by atoms with E-state index in [4.69, 9.17) is 5.11 Å². The van der Waals surface area contributed by atoms with Gasteiger partial charge in [-0.25, -0.2) is 4.79 Å². The van der Waals surface area contributed by atoms with Crippen LogP contribution in [0, 0.1) is 11.8 Å². The van der Waals surface area contributed by atoms with Crippen molar-refractivity contribution in [3.05, 3.63) is 30.3 Å². The van der Waals surface area contributed by atoms with Crippen LogP contribution in [-0.2, 0) is 4.79 Å². The molecular weight excluding hydrogens is 268 g/mol. The van der Waals surface area contributed by atoms with E-state index in [1.807, 2.05) is 30.3 Å². The van der Waals surface area contributed by atoms with E-state index in [9.17, 15) is 9.59 Å². The van der Waals surface area contributed by atoms with Gasteiger partial charge in [0.1, 0.15) is 0 Å². The summed E-state index contributed by atoms with van der Waals surface area (Å²) in [7, 11) is 0. The second-order valence-corrected chi connectivity index (χ2v) is 4.39. The second kappa shape index (κ2) is 9.43. The van der Waals surface area contributed by atoms with Gasteiger partial charge in [-0.1, -0.05) is 18.2 Å². The molecule has 5 heteroatoms. The predicted octanol–water partition coefficient (Wildman–Crippen LogP) is 2.48. The third kappa shape index (κ3) is 6.48. The topological polar surface area (TPSA) is 69.6 Å². The maximum atomic E-state index is 12.2. The molecule has 0 fully saturated rings. The van der Waals surface area contributed by atoms with Crippen LogP contribution >= 0.6 is 0 Å². The first-order valence-electron chi connectivity index (χ1n) is 6.87. The molecule has 0 radical (unpaired) electrons. The molecule has 0 aliphatic carbocycles. The zero-order chi connectivity index (χ0) is 15.5. The van der Waals surface area contributed by atoms with Crippen molar-refractivity contribution < 1.29 is 14.7 Å². The number of anilines is 1. The summed E-state index contributed by atoms with van der Waals surface area (Å²) in [6.45, 7) is 2.59. The lowest BCUT2D eigenvalue weighted by Crippen LogP contribution is -2.41. The summed E-state index contributed by atoms with van der Waals surface area (Å²) in [6.07, 6.45) is 1.05. The van der Waals surface area contributed by atoms with Gasteiger partial charge < -0.3 is 10.4 Å². The Kier molecular flexibility index (Phi) is 7.44. The molecule has 2 N–H and O–H groups in total. The number of hydrogen-bond acceptors (Lipinski definition) is 2. The number of para-hydroxylation sites is 1. The molecule has 1 rings (SSSR count). The van der Waals surface area contributed by atoms with Crippen LogP contribution in [0.2, 0.25) is 0 Å². The van der Waals surface area contributed by atoms with Crippen LogP contribution in [0.3, 0.4) is 0 Å². The summed E-state index contributed by atoms with van der Waals surface area (Å²) in [5, 5.41) is 11.5. The van der Waals surface area contributed by atoms with E-state index in [-0.39, 0.29) is 12.5 Å². The first-order chi connectivity index (χ1) is 10.1. The maximum absolute atomic E-state index is 12.2. The molecule has 0 saturated carbocycles. The van der Waals surface area contributed by atoms with Gasteiger partial charge in [0.2, 0.25) is 0 Å². The minimum absolute atomic E-state index is 0.0396. The molecule has 0 aromatic heterocycles. The normalized spacial score (nSPS) is 9.38. The summed E-state index contributed by atoms with van der Waals surface area (Å²) >= 11 is 0. The van der Waals surface area contributed by atoms with E-state index in [0.29, 0.717) is 25.9 Å². The van der Waals surface area contributed by atoms with Crippen molar-refractivity contribution in [1.29, 1.82) is 0 Å². The van der Waals surface area contributed by atoms with Crippen LogP contribution in [0.1, 0.15) is 26.2 Å². The summed E-state index contributed by atoms with van der Waals surface area (Å²) < 4.78 is 0. The van der Waals surface area contributed by atoms with Crippen molar-refractivity contribution in [3.8, 4) is 11.8 Å². The van der Waals surface area contributed by atoms with Gasteiger partial charge in [-0.3, -0.25) is 9.69 Å². The van der Waals surface area contributed by atoms with Gasteiger partial charge in [0.15, 0.2) is 0 Å². The standard InChI is InChI=1S/C16H20N2O3/c1-2-3-7-12-17-16(21)18(13-8-11-15(19)20)14-9-5-4-6-10-14/h4-6,9-10H,7-8,11-13H2,1H3,(H,17,21)(H,19,20). The molecule has 0 heterocycles. The van der Waals surface area contributed by atoms with Crippen molar-refractivity contribution in [1.82, 2.24) is 5.32 Å². The van der Waals surface area contributed by atoms with Gasteiger partial charge in [0, 0.05) is 31.6 Å². The number of benzene rings is 1. The average molecular weight is 288 g/mol. The highest BCUT2D eigenvalue weighted by molar-refractivity contribution is 5.91. The smallest absolute Gasteiger partial charge is 0.321 e. The van der Waals surface area contributed by atoms with Gasteiger partial charge in [-0.15, -0.1) is 11.8 Å². The molecule has 112 valence electrons. The van der Waals surface area contributed by atoms with Crippen LogP contribution in [0.5, 0.6) is 0 Å². The molecule has 2 amide bonds. The van der Waals surface area contributed by atoms with E-state index in [2.05, 4.69) is 17.2 Å². The van der Waals surface area contributed by atoms with E-state index < -0.39 is 5.97 Å². The Morgan fingerprint density at radius 1 is 1.29 bits per heavy atom. The molecular formula is C16H20N2O3. The van der Waals surface area contributed by atoms with Gasteiger partial charge in [0.25, 0.3) is 0 Å².